The summed E-state index contributed by atoms with van der Waals surface area (Å²) in [6.45, 7) is 0.859. The molecule has 0 aliphatic heterocycles. The highest BCUT2D eigenvalue weighted by molar-refractivity contribution is 5.89. The van der Waals surface area contributed by atoms with Gasteiger partial charge in [-0.05, 0) is 20.2 Å². The van der Waals surface area contributed by atoms with E-state index in [1.165, 1.54) is 0 Å². The smallest absolute Gasteiger partial charge is 0.337 e. The molecule has 0 atom stereocenters. The molecule has 0 bridgehead atoms. The normalized spacial score (nSPS) is 10.9. The summed E-state index contributed by atoms with van der Waals surface area (Å²) >= 11 is 0. The van der Waals surface area contributed by atoms with Crippen molar-refractivity contribution < 1.29 is 9.90 Å². The average molecular weight is 196 g/mol. The summed E-state index contributed by atoms with van der Waals surface area (Å²) in [5, 5.41) is 8.92. The molecule has 0 saturated carbocycles. The number of aryl methyl sites for hydroxylation is 1. The molecular formula is C10H16N2O2. The Kier molecular flexibility index (Phi) is 3.30. The van der Waals surface area contributed by atoms with E-state index >= 15 is 0 Å². The van der Waals surface area contributed by atoms with Gasteiger partial charge in [0.25, 0.3) is 0 Å². The first-order chi connectivity index (χ1) is 6.52. The number of carboxylic acid groups (broad SMARTS) is 1. The van der Waals surface area contributed by atoms with Gasteiger partial charge in [-0.3, -0.25) is 0 Å². The van der Waals surface area contributed by atoms with Crippen LogP contribution in [0.4, 0.5) is 0 Å². The Morgan fingerprint density at radius 1 is 1.57 bits per heavy atom. The monoisotopic (exact) mass is 196 g/mol. The second-order valence-corrected chi connectivity index (χ2v) is 3.65. The van der Waals surface area contributed by atoms with E-state index in [0.717, 1.165) is 18.7 Å². The first-order valence-corrected chi connectivity index (χ1v) is 4.54. The van der Waals surface area contributed by atoms with Crippen molar-refractivity contribution in [3.05, 3.63) is 23.5 Å². The number of nitrogens with zero attached hydrogens (tertiary/aromatic N) is 2. The zero-order valence-corrected chi connectivity index (χ0v) is 8.82. The summed E-state index contributed by atoms with van der Waals surface area (Å²) in [5.41, 5.74) is 1.29. The van der Waals surface area contributed by atoms with Crippen LogP contribution in [-0.2, 0) is 13.5 Å². The number of likely N-dealkylation sites (N-methyl/N-ethyl adjacent to an activating group) is 1. The SMILES string of the molecule is CN(C)CCc1c(C(=O)O)ccn1C. The van der Waals surface area contributed by atoms with Crippen LogP contribution >= 0.6 is 0 Å². The van der Waals surface area contributed by atoms with Gasteiger partial charge in [0, 0.05) is 31.9 Å². The van der Waals surface area contributed by atoms with E-state index < -0.39 is 5.97 Å². The first kappa shape index (κ1) is 10.8. The van der Waals surface area contributed by atoms with Gasteiger partial charge in [0.1, 0.15) is 0 Å². The molecule has 0 aliphatic rings. The minimum atomic E-state index is -0.848. The van der Waals surface area contributed by atoms with Gasteiger partial charge in [-0.15, -0.1) is 0 Å². The number of rotatable bonds is 4. The number of hydrogen-bond donors (Lipinski definition) is 1. The Morgan fingerprint density at radius 3 is 2.71 bits per heavy atom. The predicted octanol–water partition coefficient (Wildman–Crippen LogP) is 0.827. The third kappa shape index (κ3) is 2.35. The van der Waals surface area contributed by atoms with Gasteiger partial charge in [0.2, 0.25) is 0 Å². The summed E-state index contributed by atoms with van der Waals surface area (Å²) in [5.74, 6) is -0.848. The van der Waals surface area contributed by atoms with E-state index in [0.29, 0.717) is 5.56 Å². The molecular weight excluding hydrogens is 180 g/mol. The fourth-order valence-electron chi connectivity index (χ4n) is 1.40. The van der Waals surface area contributed by atoms with E-state index in [9.17, 15) is 4.79 Å². The molecule has 0 unspecified atom stereocenters. The number of aromatic carboxylic acids is 1. The summed E-state index contributed by atoms with van der Waals surface area (Å²) in [6, 6.07) is 1.65. The molecule has 0 aromatic carbocycles. The second-order valence-electron chi connectivity index (χ2n) is 3.65. The third-order valence-corrected chi connectivity index (χ3v) is 2.23. The third-order valence-electron chi connectivity index (χ3n) is 2.23. The molecule has 0 saturated heterocycles. The van der Waals surface area contributed by atoms with Gasteiger partial charge >= 0.3 is 5.97 Å². The zero-order valence-electron chi connectivity index (χ0n) is 8.82. The molecule has 14 heavy (non-hydrogen) atoms. The highest BCUT2D eigenvalue weighted by Crippen LogP contribution is 2.10. The van der Waals surface area contributed by atoms with E-state index in [4.69, 9.17) is 5.11 Å². The topological polar surface area (TPSA) is 45.5 Å². The Hall–Kier alpha value is -1.29. The molecule has 1 N–H and O–H groups in total. The largest absolute Gasteiger partial charge is 0.478 e. The van der Waals surface area contributed by atoms with E-state index in [1.807, 2.05) is 30.6 Å². The maximum absolute atomic E-state index is 10.9. The van der Waals surface area contributed by atoms with Gasteiger partial charge < -0.3 is 14.6 Å². The summed E-state index contributed by atoms with van der Waals surface area (Å²) in [6.07, 6.45) is 2.55. The van der Waals surface area contributed by atoms with E-state index in [2.05, 4.69) is 0 Å². The van der Waals surface area contributed by atoms with E-state index in [-0.39, 0.29) is 0 Å². The van der Waals surface area contributed by atoms with Gasteiger partial charge in [-0.25, -0.2) is 4.79 Å². The Labute approximate surface area is 83.8 Å². The minimum Gasteiger partial charge on any atom is -0.478 e. The number of carbonyl (C=O) groups is 1. The lowest BCUT2D eigenvalue weighted by Crippen LogP contribution is -2.17. The van der Waals surface area contributed by atoms with Gasteiger partial charge in [-0.2, -0.15) is 0 Å². The maximum atomic E-state index is 10.9. The van der Waals surface area contributed by atoms with Crippen LogP contribution in [0.2, 0.25) is 0 Å². The molecule has 0 fully saturated rings. The highest BCUT2D eigenvalue weighted by atomic mass is 16.4. The van der Waals surface area contributed by atoms with Crippen molar-refractivity contribution in [2.45, 2.75) is 6.42 Å². The first-order valence-electron chi connectivity index (χ1n) is 4.54. The molecule has 78 valence electrons. The Morgan fingerprint density at radius 2 is 2.21 bits per heavy atom. The molecule has 0 spiro atoms. The van der Waals surface area contributed by atoms with Crippen LogP contribution in [0.25, 0.3) is 0 Å². The van der Waals surface area contributed by atoms with Gasteiger partial charge in [0.05, 0.1) is 5.56 Å². The molecule has 0 amide bonds. The van der Waals surface area contributed by atoms with Crippen molar-refractivity contribution in [3.8, 4) is 0 Å². The number of hydrogen-bond acceptors (Lipinski definition) is 2. The highest BCUT2D eigenvalue weighted by Gasteiger charge is 2.12. The summed E-state index contributed by atoms with van der Waals surface area (Å²) in [7, 11) is 5.82. The molecule has 1 aromatic heterocycles. The van der Waals surface area contributed by atoms with Crippen molar-refractivity contribution in [1.82, 2.24) is 9.47 Å². The van der Waals surface area contributed by atoms with Crippen LogP contribution in [-0.4, -0.2) is 41.2 Å². The Balaban J connectivity index is 2.83. The molecule has 0 radical (unpaired) electrons. The molecule has 1 rings (SSSR count). The average Bonchev–Trinajstić information content (AvgIpc) is 2.43. The van der Waals surface area contributed by atoms with Crippen molar-refractivity contribution in [2.75, 3.05) is 20.6 Å². The number of carboxylic acids is 1. The quantitative estimate of drug-likeness (QED) is 0.775. The standard InChI is InChI=1S/C10H16N2O2/c1-11(2)6-5-9-8(10(13)14)4-7-12(9)3/h4,7H,5-6H2,1-3H3,(H,13,14). The molecule has 0 aliphatic carbocycles. The van der Waals surface area contributed by atoms with Crippen LogP contribution in [0.5, 0.6) is 0 Å². The fraction of sp³-hybridized carbons (Fsp3) is 0.500. The maximum Gasteiger partial charge on any atom is 0.337 e. The van der Waals surface area contributed by atoms with Crippen LogP contribution < -0.4 is 0 Å². The molecule has 1 heterocycles. The van der Waals surface area contributed by atoms with Crippen molar-refractivity contribution >= 4 is 5.97 Å². The van der Waals surface area contributed by atoms with Crippen LogP contribution in [0.15, 0.2) is 12.3 Å². The lowest BCUT2D eigenvalue weighted by molar-refractivity contribution is 0.0695. The van der Waals surface area contributed by atoms with E-state index in [1.54, 1.807) is 12.3 Å². The lowest BCUT2D eigenvalue weighted by Gasteiger charge is -2.10. The predicted molar refractivity (Wildman–Crippen MR) is 54.6 cm³/mol. The lowest BCUT2D eigenvalue weighted by atomic mass is 10.2. The fourth-order valence-corrected chi connectivity index (χ4v) is 1.40. The van der Waals surface area contributed by atoms with Crippen molar-refractivity contribution in [2.24, 2.45) is 7.05 Å². The molecule has 4 heteroatoms. The number of aromatic nitrogens is 1. The minimum absolute atomic E-state index is 0.411. The second kappa shape index (κ2) is 4.28. The molecule has 4 nitrogen and oxygen atoms in total. The Bertz CT molecular complexity index is 329. The van der Waals surface area contributed by atoms with Crippen molar-refractivity contribution in [3.63, 3.8) is 0 Å². The zero-order chi connectivity index (χ0) is 10.7. The van der Waals surface area contributed by atoms with Crippen LogP contribution in [0, 0.1) is 0 Å². The summed E-state index contributed by atoms with van der Waals surface area (Å²) in [4.78, 5) is 12.9. The van der Waals surface area contributed by atoms with Gasteiger partial charge in [-0.1, -0.05) is 0 Å². The van der Waals surface area contributed by atoms with Crippen LogP contribution in [0.1, 0.15) is 16.1 Å². The van der Waals surface area contributed by atoms with Crippen molar-refractivity contribution in [1.29, 1.82) is 0 Å². The molecule has 1 aromatic rings. The van der Waals surface area contributed by atoms with Crippen LogP contribution in [0.3, 0.4) is 0 Å². The van der Waals surface area contributed by atoms with Gasteiger partial charge in [0.15, 0.2) is 0 Å². The summed E-state index contributed by atoms with van der Waals surface area (Å²) < 4.78 is 1.87.